The zero-order chi connectivity index (χ0) is 15.3. The van der Waals surface area contributed by atoms with E-state index in [1.54, 1.807) is 0 Å². The Morgan fingerprint density at radius 2 is 1.90 bits per heavy atom. The van der Waals surface area contributed by atoms with Crippen molar-refractivity contribution >= 4 is 15.7 Å². The van der Waals surface area contributed by atoms with Gasteiger partial charge in [0.25, 0.3) is 0 Å². The third-order valence-corrected chi connectivity index (χ3v) is 4.60. The largest absolute Gasteiger partial charge is 0.398 e. The van der Waals surface area contributed by atoms with Crippen molar-refractivity contribution in [3.8, 4) is 0 Å². The van der Waals surface area contributed by atoms with Crippen LogP contribution in [0.1, 0.15) is 27.7 Å². The third-order valence-electron chi connectivity index (χ3n) is 3.09. The van der Waals surface area contributed by atoms with Crippen molar-refractivity contribution in [2.75, 3.05) is 18.8 Å². The highest BCUT2D eigenvalue weighted by atomic mass is 32.2. The Kier molecular flexibility index (Phi) is 5.91. The number of aromatic nitrogens is 1. The summed E-state index contributed by atoms with van der Waals surface area (Å²) >= 11 is 0. The monoisotopic (exact) mass is 300 g/mol. The molecule has 20 heavy (non-hydrogen) atoms. The van der Waals surface area contributed by atoms with E-state index in [1.807, 2.05) is 0 Å². The molecule has 1 aromatic rings. The van der Waals surface area contributed by atoms with E-state index in [9.17, 15) is 8.42 Å². The predicted molar refractivity (Wildman–Crippen MR) is 80.8 cm³/mol. The van der Waals surface area contributed by atoms with E-state index >= 15 is 0 Å². The number of nitrogens with zero attached hydrogens (tertiary/aromatic N) is 2. The van der Waals surface area contributed by atoms with Crippen molar-refractivity contribution in [1.29, 1.82) is 0 Å². The van der Waals surface area contributed by atoms with Gasteiger partial charge in [-0.1, -0.05) is 0 Å². The topological polar surface area (TPSA) is 88.3 Å². The van der Waals surface area contributed by atoms with Crippen molar-refractivity contribution in [3.05, 3.63) is 18.5 Å². The lowest BCUT2D eigenvalue weighted by Gasteiger charge is -2.30. The minimum Gasteiger partial charge on any atom is -0.398 e. The number of nitrogen functional groups attached to an aromatic ring is 1. The molecule has 0 atom stereocenters. The van der Waals surface area contributed by atoms with Crippen LogP contribution in [-0.2, 0) is 10.0 Å². The summed E-state index contributed by atoms with van der Waals surface area (Å²) in [5.74, 6) is 0. The van der Waals surface area contributed by atoms with Gasteiger partial charge in [-0.3, -0.25) is 9.88 Å². The van der Waals surface area contributed by atoms with Crippen molar-refractivity contribution < 1.29 is 8.42 Å². The van der Waals surface area contributed by atoms with E-state index in [0.717, 1.165) is 0 Å². The maximum Gasteiger partial charge on any atom is 0.244 e. The molecular formula is C13H24N4O2S. The van der Waals surface area contributed by atoms with Gasteiger partial charge in [-0.05, 0) is 33.8 Å². The van der Waals surface area contributed by atoms with Gasteiger partial charge in [-0.25, -0.2) is 13.1 Å². The summed E-state index contributed by atoms with van der Waals surface area (Å²) in [5, 5.41) is 0. The van der Waals surface area contributed by atoms with E-state index in [1.165, 1.54) is 18.5 Å². The maximum atomic E-state index is 12.1. The molecule has 0 aliphatic carbocycles. The number of hydrogen-bond acceptors (Lipinski definition) is 5. The Bertz CT molecular complexity index is 521. The molecule has 1 aromatic heterocycles. The van der Waals surface area contributed by atoms with Crippen molar-refractivity contribution in [1.82, 2.24) is 14.6 Å². The molecule has 7 heteroatoms. The van der Waals surface area contributed by atoms with Gasteiger partial charge < -0.3 is 5.73 Å². The van der Waals surface area contributed by atoms with Crippen LogP contribution < -0.4 is 10.5 Å². The van der Waals surface area contributed by atoms with Crippen LogP contribution in [0.3, 0.4) is 0 Å². The van der Waals surface area contributed by atoms with Crippen LogP contribution in [0.4, 0.5) is 5.69 Å². The first kappa shape index (κ1) is 16.9. The average molecular weight is 300 g/mol. The van der Waals surface area contributed by atoms with Gasteiger partial charge in [0.05, 0.1) is 5.69 Å². The molecule has 0 saturated heterocycles. The third kappa shape index (κ3) is 4.43. The Balaban J connectivity index is 2.68. The van der Waals surface area contributed by atoms with Crippen LogP contribution in [0.5, 0.6) is 0 Å². The highest BCUT2D eigenvalue weighted by Gasteiger charge is 2.19. The molecule has 0 spiro atoms. The van der Waals surface area contributed by atoms with Crippen molar-refractivity contribution in [3.63, 3.8) is 0 Å². The second kappa shape index (κ2) is 7.01. The van der Waals surface area contributed by atoms with Crippen molar-refractivity contribution in [2.24, 2.45) is 0 Å². The van der Waals surface area contributed by atoms with Gasteiger partial charge >= 0.3 is 0 Å². The Hall–Kier alpha value is -1.18. The molecule has 0 amide bonds. The molecule has 0 fully saturated rings. The minimum atomic E-state index is -3.60. The van der Waals surface area contributed by atoms with Gasteiger partial charge in [0.15, 0.2) is 0 Å². The van der Waals surface area contributed by atoms with Gasteiger partial charge in [0.2, 0.25) is 10.0 Å². The molecule has 6 nitrogen and oxygen atoms in total. The molecule has 0 saturated carbocycles. The number of hydrogen-bond donors (Lipinski definition) is 2. The molecule has 0 unspecified atom stereocenters. The smallest absolute Gasteiger partial charge is 0.244 e. The SMILES string of the molecule is CC(C)N(CCNS(=O)(=O)c1cnccc1N)C(C)C. The molecule has 0 aliphatic rings. The van der Waals surface area contributed by atoms with Gasteiger partial charge in [-0.15, -0.1) is 0 Å². The zero-order valence-electron chi connectivity index (χ0n) is 12.5. The first-order valence-corrected chi connectivity index (χ1v) is 8.19. The predicted octanol–water partition coefficient (Wildman–Crippen LogP) is 1.06. The molecule has 0 bridgehead atoms. The van der Waals surface area contributed by atoms with Gasteiger partial charge in [0.1, 0.15) is 4.90 Å². The molecule has 1 rings (SSSR count). The van der Waals surface area contributed by atoms with Gasteiger partial charge in [-0.2, -0.15) is 0 Å². The summed E-state index contributed by atoms with van der Waals surface area (Å²) in [7, 11) is -3.60. The normalized spacial score (nSPS) is 12.6. The number of nitrogens with two attached hydrogens (primary N) is 1. The molecule has 1 heterocycles. The quantitative estimate of drug-likeness (QED) is 0.786. The number of sulfonamides is 1. The fourth-order valence-corrected chi connectivity index (χ4v) is 3.21. The Morgan fingerprint density at radius 3 is 2.40 bits per heavy atom. The first-order valence-electron chi connectivity index (χ1n) is 6.70. The highest BCUT2D eigenvalue weighted by Crippen LogP contribution is 2.15. The van der Waals surface area contributed by atoms with Crippen LogP contribution in [0, 0.1) is 0 Å². The summed E-state index contributed by atoms with van der Waals surface area (Å²) in [6, 6.07) is 2.20. The van der Waals surface area contributed by atoms with Crippen molar-refractivity contribution in [2.45, 2.75) is 44.7 Å². The Labute approximate surface area is 121 Å². The average Bonchev–Trinajstić information content (AvgIpc) is 2.34. The molecule has 0 radical (unpaired) electrons. The first-order chi connectivity index (χ1) is 9.25. The second-order valence-corrected chi connectivity index (χ2v) is 6.97. The van der Waals surface area contributed by atoms with Crippen LogP contribution in [0.2, 0.25) is 0 Å². The standard InChI is InChI=1S/C13H24N4O2S/c1-10(2)17(11(3)4)8-7-16-20(18,19)13-9-15-6-5-12(13)14/h5-6,9-11,16H,7-8H2,1-4H3,(H2,14,15). The molecule has 0 aliphatic heterocycles. The van der Waals surface area contributed by atoms with Crippen LogP contribution in [-0.4, -0.2) is 43.5 Å². The molecular weight excluding hydrogens is 276 g/mol. The number of nitrogens with one attached hydrogen (secondary N) is 1. The van der Waals surface area contributed by atoms with E-state index in [0.29, 0.717) is 25.2 Å². The summed E-state index contributed by atoms with van der Waals surface area (Å²) in [6.45, 7) is 9.35. The van der Waals surface area contributed by atoms with E-state index < -0.39 is 10.0 Å². The lowest BCUT2D eigenvalue weighted by atomic mass is 10.2. The number of rotatable bonds is 7. The minimum absolute atomic E-state index is 0.0284. The summed E-state index contributed by atoms with van der Waals surface area (Å²) in [6.07, 6.45) is 2.73. The van der Waals surface area contributed by atoms with Gasteiger partial charge in [0, 0.05) is 37.6 Å². The zero-order valence-corrected chi connectivity index (χ0v) is 13.3. The van der Waals surface area contributed by atoms with E-state index in [-0.39, 0.29) is 10.6 Å². The van der Waals surface area contributed by atoms with E-state index in [2.05, 4.69) is 42.3 Å². The summed E-state index contributed by atoms with van der Waals surface area (Å²) in [4.78, 5) is 6.05. The van der Waals surface area contributed by atoms with Crippen LogP contribution >= 0.6 is 0 Å². The maximum absolute atomic E-state index is 12.1. The summed E-state index contributed by atoms with van der Waals surface area (Å²) in [5.41, 5.74) is 5.87. The van der Waals surface area contributed by atoms with E-state index in [4.69, 9.17) is 5.73 Å². The molecule has 0 aromatic carbocycles. The number of pyridine rings is 1. The lowest BCUT2D eigenvalue weighted by molar-refractivity contribution is 0.179. The fourth-order valence-electron chi connectivity index (χ4n) is 2.11. The molecule has 114 valence electrons. The Morgan fingerprint density at radius 1 is 1.30 bits per heavy atom. The molecule has 3 N–H and O–H groups in total. The number of anilines is 1. The van der Waals surface area contributed by atoms with Crippen LogP contribution in [0.25, 0.3) is 0 Å². The highest BCUT2D eigenvalue weighted by molar-refractivity contribution is 7.89. The summed E-state index contributed by atoms with van der Waals surface area (Å²) < 4.78 is 26.8. The fraction of sp³-hybridized carbons (Fsp3) is 0.615. The van der Waals surface area contributed by atoms with Crippen LogP contribution in [0.15, 0.2) is 23.4 Å². The second-order valence-electron chi connectivity index (χ2n) is 5.24. The lowest BCUT2D eigenvalue weighted by Crippen LogP contribution is -2.42.